The summed E-state index contributed by atoms with van der Waals surface area (Å²) in [6, 6.07) is 15.3. The number of nitrogens with zero attached hydrogens (tertiary/aromatic N) is 2. The van der Waals surface area contributed by atoms with Crippen LogP contribution in [0.1, 0.15) is 41.4 Å². The number of amides is 1. The zero-order valence-electron chi connectivity index (χ0n) is 16.2. The van der Waals surface area contributed by atoms with Crippen LogP contribution in [0.5, 0.6) is 5.75 Å². The second-order valence-corrected chi connectivity index (χ2v) is 7.39. The molecule has 3 aromatic rings. The monoisotopic (exact) mass is 397 g/mol. The van der Waals surface area contributed by atoms with Gasteiger partial charge in [-0.15, -0.1) is 0 Å². The minimum atomic E-state index is -0.153. The van der Waals surface area contributed by atoms with Crippen LogP contribution in [0.25, 0.3) is 0 Å². The number of benzene rings is 2. The first-order valence-electron chi connectivity index (χ1n) is 9.18. The van der Waals surface area contributed by atoms with Crippen molar-refractivity contribution in [3.63, 3.8) is 0 Å². The molecular weight excluding hydrogens is 374 g/mol. The molecule has 146 valence electrons. The lowest BCUT2D eigenvalue weighted by molar-refractivity contribution is 0.0925. The van der Waals surface area contributed by atoms with Crippen molar-refractivity contribution >= 4 is 17.5 Å². The largest absolute Gasteiger partial charge is 0.497 e. The number of methoxy groups -OCH3 is 1. The van der Waals surface area contributed by atoms with Crippen LogP contribution in [0.2, 0.25) is 5.02 Å². The standard InChI is InChI=1S/C22H24ClN3O2/c1-15(2)21(16-8-10-19(28-3)11-9-16)25-22(27)18-12-24-26(14-18)13-17-6-4-5-7-20(17)23/h4-12,14-15,21H,13H2,1-3H3,(H,25,27). The first-order chi connectivity index (χ1) is 13.5. The summed E-state index contributed by atoms with van der Waals surface area (Å²) in [4.78, 5) is 12.8. The molecule has 0 saturated heterocycles. The molecule has 1 aromatic heterocycles. The number of nitrogens with one attached hydrogen (secondary N) is 1. The maximum atomic E-state index is 12.8. The Bertz CT molecular complexity index is 935. The van der Waals surface area contributed by atoms with Gasteiger partial charge in [-0.2, -0.15) is 5.10 Å². The molecule has 1 unspecified atom stereocenters. The topological polar surface area (TPSA) is 56.1 Å². The molecule has 1 atom stereocenters. The number of halogens is 1. The van der Waals surface area contributed by atoms with Gasteiger partial charge in [-0.1, -0.05) is 55.8 Å². The minimum Gasteiger partial charge on any atom is -0.497 e. The quantitative estimate of drug-likeness (QED) is 0.627. The maximum Gasteiger partial charge on any atom is 0.254 e. The van der Waals surface area contributed by atoms with Gasteiger partial charge in [-0.3, -0.25) is 9.48 Å². The number of aromatic nitrogens is 2. The molecule has 0 spiro atoms. The molecule has 1 heterocycles. The van der Waals surface area contributed by atoms with Crippen molar-refractivity contribution in [2.45, 2.75) is 26.4 Å². The average Bonchev–Trinajstić information content (AvgIpc) is 3.16. The number of carbonyl (C=O) groups is 1. The molecule has 28 heavy (non-hydrogen) atoms. The summed E-state index contributed by atoms with van der Waals surface area (Å²) in [6.07, 6.45) is 3.32. The Kier molecular flexibility index (Phi) is 6.37. The third-order valence-corrected chi connectivity index (χ3v) is 4.98. The number of carbonyl (C=O) groups excluding carboxylic acids is 1. The number of hydrogen-bond donors (Lipinski definition) is 1. The summed E-state index contributed by atoms with van der Waals surface area (Å²) in [5, 5.41) is 8.10. The number of ether oxygens (including phenoxy) is 1. The van der Waals surface area contributed by atoms with E-state index >= 15 is 0 Å². The van der Waals surface area contributed by atoms with E-state index in [1.54, 1.807) is 24.2 Å². The van der Waals surface area contributed by atoms with Gasteiger partial charge in [0.25, 0.3) is 5.91 Å². The zero-order chi connectivity index (χ0) is 20.1. The van der Waals surface area contributed by atoms with Crippen molar-refractivity contribution in [1.29, 1.82) is 0 Å². The molecule has 0 aliphatic rings. The van der Waals surface area contributed by atoms with Crippen LogP contribution >= 0.6 is 11.6 Å². The van der Waals surface area contributed by atoms with Gasteiger partial charge >= 0.3 is 0 Å². The molecule has 0 aliphatic heterocycles. The molecule has 0 bridgehead atoms. The van der Waals surface area contributed by atoms with Crippen LogP contribution in [0.15, 0.2) is 60.9 Å². The van der Waals surface area contributed by atoms with E-state index in [9.17, 15) is 4.79 Å². The predicted molar refractivity (Wildman–Crippen MR) is 111 cm³/mol. The Labute approximate surface area is 170 Å². The van der Waals surface area contributed by atoms with Gasteiger partial charge in [0.05, 0.1) is 31.5 Å². The summed E-state index contributed by atoms with van der Waals surface area (Å²) >= 11 is 6.21. The molecule has 3 rings (SSSR count). The first kappa shape index (κ1) is 20.0. The molecule has 0 radical (unpaired) electrons. The summed E-state index contributed by atoms with van der Waals surface area (Å²) in [7, 11) is 1.64. The van der Waals surface area contributed by atoms with E-state index in [4.69, 9.17) is 16.3 Å². The van der Waals surface area contributed by atoms with Crippen LogP contribution in [0.4, 0.5) is 0 Å². The van der Waals surface area contributed by atoms with E-state index in [2.05, 4.69) is 24.3 Å². The van der Waals surface area contributed by atoms with Gasteiger partial charge in [0.15, 0.2) is 0 Å². The molecule has 1 amide bonds. The van der Waals surface area contributed by atoms with Gasteiger partial charge < -0.3 is 10.1 Å². The summed E-state index contributed by atoms with van der Waals surface area (Å²) in [5.74, 6) is 0.869. The number of rotatable bonds is 7. The summed E-state index contributed by atoms with van der Waals surface area (Å²) in [6.45, 7) is 4.67. The molecule has 1 N–H and O–H groups in total. The molecule has 6 heteroatoms. The van der Waals surface area contributed by atoms with Gasteiger partial charge in [0, 0.05) is 11.2 Å². The van der Waals surface area contributed by atoms with E-state index in [1.807, 2.05) is 48.5 Å². The van der Waals surface area contributed by atoms with Gasteiger partial charge in [0.2, 0.25) is 0 Å². The lowest BCUT2D eigenvalue weighted by Crippen LogP contribution is -2.31. The lowest BCUT2D eigenvalue weighted by Gasteiger charge is -2.23. The van der Waals surface area contributed by atoms with Crippen molar-refractivity contribution in [1.82, 2.24) is 15.1 Å². The Morgan fingerprint density at radius 1 is 1.18 bits per heavy atom. The van der Waals surface area contributed by atoms with Crippen molar-refractivity contribution in [3.8, 4) is 5.75 Å². The molecular formula is C22H24ClN3O2. The van der Waals surface area contributed by atoms with E-state index in [0.717, 1.165) is 16.9 Å². The van der Waals surface area contributed by atoms with Crippen LogP contribution < -0.4 is 10.1 Å². The van der Waals surface area contributed by atoms with Crippen LogP contribution in [0, 0.1) is 5.92 Å². The van der Waals surface area contributed by atoms with Gasteiger partial charge in [0.1, 0.15) is 5.75 Å². The highest BCUT2D eigenvalue weighted by Gasteiger charge is 2.20. The zero-order valence-corrected chi connectivity index (χ0v) is 17.0. The van der Waals surface area contributed by atoms with Crippen molar-refractivity contribution in [2.24, 2.45) is 5.92 Å². The molecule has 5 nitrogen and oxygen atoms in total. The highest BCUT2D eigenvalue weighted by molar-refractivity contribution is 6.31. The average molecular weight is 398 g/mol. The highest BCUT2D eigenvalue weighted by atomic mass is 35.5. The summed E-state index contributed by atoms with van der Waals surface area (Å²) < 4.78 is 6.93. The Balaban J connectivity index is 1.72. The predicted octanol–water partition coefficient (Wildman–Crippen LogP) is 4.72. The summed E-state index contributed by atoms with van der Waals surface area (Å²) in [5.41, 5.74) is 2.51. The second-order valence-electron chi connectivity index (χ2n) is 6.99. The molecule has 0 aliphatic carbocycles. The van der Waals surface area contributed by atoms with Crippen LogP contribution in [-0.2, 0) is 6.54 Å². The first-order valence-corrected chi connectivity index (χ1v) is 9.56. The maximum absolute atomic E-state index is 12.8. The SMILES string of the molecule is COc1ccc(C(NC(=O)c2cnn(Cc3ccccc3Cl)c2)C(C)C)cc1. The number of hydrogen-bond acceptors (Lipinski definition) is 3. The van der Waals surface area contributed by atoms with Crippen molar-refractivity contribution in [2.75, 3.05) is 7.11 Å². The van der Waals surface area contributed by atoms with Crippen molar-refractivity contribution < 1.29 is 9.53 Å². The van der Waals surface area contributed by atoms with Crippen molar-refractivity contribution in [3.05, 3.63) is 82.6 Å². The molecule has 0 saturated carbocycles. The highest BCUT2D eigenvalue weighted by Crippen LogP contribution is 2.24. The molecule has 2 aromatic carbocycles. The third-order valence-electron chi connectivity index (χ3n) is 4.61. The van der Waals surface area contributed by atoms with E-state index in [-0.39, 0.29) is 17.9 Å². The van der Waals surface area contributed by atoms with Crippen LogP contribution in [-0.4, -0.2) is 22.8 Å². The Morgan fingerprint density at radius 2 is 1.89 bits per heavy atom. The lowest BCUT2D eigenvalue weighted by atomic mass is 9.95. The fourth-order valence-corrected chi connectivity index (χ4v) is 3.23. The third kappa shape index (κ3) is 4.73. The van der Waals surface area contributed by atoms with E-state index < -0.39 is 0 Å². The second kappa shape index (κ2) is 8.93. The van der Waals surface area contributed by atoms with E-state index in [0.29, 0.717) is 17.1 Å². The fourth-order valence-electron chi connectivity index (χ4n) is 3.04. The Hall–Kier alpha value is -2.79. The fraction of sp³-hybridized carbons (Fsp3) is 0.273. The smallest absolute Gasteiger partial charge is 0.254 e. The Morgan fingerprint density at radius 3 is 2.54 bits per heavy atom. The van der Waals surface area contributed by atoms with E-state index in [1.165, 1.54) is 0 Å². The van der Waals surface area contributed by atoms with Gasteiger partial charge in [-0.05, 0) is 35.2 Å². The molecule has 0 fully saturated rings. The van der Waals surface area contributed by atoms with Crippen LogP contribution in [0.3, 0.4) is 0 Å². The minimum absolute atomic E-state index is 0.106. The van der Waals surface area contributed by atoms with Gasteiger partial charge in [-0.25, -0.2) is 0 Å². The normalized spacial score (nSPS) is 12.0.